The summed E-state index contributed by atoms with van der Waals surface area (Å²) in [5, 5.41) is 12.1. The third kappa shape index (κ3) is 2.95. The molecule has 2 N–H and O–H groups in total. The molecule has 94 valence electrons. The molecule has 0 aliphatic carbocycles. The minimum Gasteiger partial charge on any atom is -0.477 e. The van der Waals surface area contributed by atoms with Crippen molar-refractivity contribution in [2.24, 2.45) is 0 Å². The van der Waals surface area contributed by atoms with Gasteiger partial charge in [-0.3, -0.25) is 0 Å². The molecule has 0 fully saturated rings. The van der Waals surface area contributed by atoms with Crippen LogP contribution in [0.3, 0.4) is 0 Å². The van der Waals surface area contributed by atoms with Crippen LogP contribution in [0.4, 0.5) is 0 Å². The maximum atomic E-state index is 10.8. The van der Waals surface area contributed by atoms with Crippen LogP contribution in [0.15, 0.2) is 41.0 Å². The van der Waals surface area contributed by atoms with Gasteiger partial charge in [0, 0.05) is 6.54 Å². The number of nitrogens with zero attached hydrogens (tertiary/aromatic N) is 1. The maximum Gasteiger partial charge on any atom is 0.354 e. The lowest BCUT2D eigenvalue weighted by atomic mass is 10.2. The van der Waals surface area contributed by atoms with E-state index in [1.165, 1.54) is 6.07 Å². The number of rotatable bonds is 5. The fourth-order valence-electron chi connectivity index (χ4n) is 1.59. The number of nitrogens with one attached hydrogen (secondary N) is 1. The standard InChI is InChI=1S/C13H14N2O3/c1-9(12-6-3-7-18-12)14-8-10-4-2-5-11(15-10)13(16)17/h2-7,9,14H,8H2,1H3,(H,16,17). The molecule has 2 heterocycles. The summed E-state index contributed by atoms with van der Waals surface area (Å²) in [4.78, 5) is 14.8. The first-order chi connectivity index (χ1) is 8.66. The lowest BCUT2D eigenvalue weighted by Crippen LogP contribution is -2.18. The van der Waals surface area contributed by atoms with Crippen molar-refractivity contribution in [1.82, 2.24) is 10.3 Å². The smallest absolute Gasteiger partial charge is 0.354 e. The quantitative estimate of drug-likeness (QED) is 0.846. The van der Waals surface area contributed by atoms with Crippen LogP contribution in [0.5, 0.6) is 0 Å². The molecule has 0 aromatic carbocycles. The van der Waals surface area contributed by atoms with Gasteiger partial charge in [0.25, 0.3) is 0 Å². The molecular formula is C13H14N2O3. The van der Waals surface area contributed by atoms with Crippen LogP contribution >= 0.6 is 0 Å². The summed E-state index contributed by atoms with van der Waals surface area (Å²) in [5.41, 5.74) is 0.744. The molecule has 2 aromatic heterocycles. The predicted molar refractivity (Wildman–Crippen MR) is 65.2 cm³/mol. The summed E-state index contributed by atoms with van der Waals surface area (Å²) in [6.07, 6.45) is 1.62. The second kappa shape index (κ2) is 5.46. The van der Waals surface area contributed by atoms with Crippen molar-refractivity contribution in [2.75, 3.05) is 0 Å². The van der Waals surface area contributed by atoms with E-state index in [0.29, 0.717) is 12.2 Å². The van der Waals surface area contributed by atoms with Crippen molar-refractivity contribution in [3.8, 4) is 0 Å². The topological polar surface area (TPSA) is 75.4 Å². The molecule has 0 bridgehead atoms. The Labute approximate surface area is 104 Å². The molecule has 5 nitrogen and oxygen atoms in total. The van der Waals surface area contributed by atoms with E-state index in [1.54, 1.807) is 18.4 Å². The van der Waals surface area contributed by atoms with E-state index in [2.05, 4.69) is 10.3 Å². The van der Waals surface area contributed by atoms with Crippen molar-refractivity contribution in [1.29, 1.82) is 0 Å². The maximum absolute atomic E-state index is 10.8. The van der Waals surface area contributed by atoms with Gasteiger partial charge in [-0.25, -0.2) is 9.78 Å². The average Bonchev–Trinajstić information content (AvgIpc) is 2.90. The first-order valence-electron chi connectivity index (χ1n) is 5.63. The fraction of sp³-hybridized carbons (Fsp3) is 0.231. The van der Waals surface area contributed by atoms with Crippen LogP contribution in [0.25, 0.3) is 0 Å². The molecule has 0 saturated carbocycles. The Balaban J connectivity index is 1.98. The summed E-state index contributed by atoms with van der Waals surface area (Å²) < 4.78 is 5.27. The highest BCUT2D eigenvalue weighted by molar-refractivity contribution is 5.85. The monoisotopic (exact) mass is 246 g/mol. The number of furan rings is 1. The fourth-order valence-corrected chi connectivity index (χ4v) is 1.59. The Hall–Kier alpha value is -2.14. The number of aromatic nitrogens is 1. The lowest BCUT2D eigenvalue weighted by molar-refractivity contribution is 0.0690. The first kappa shape index (κ1) is 12.3. The zero-order chi connectivity index (χ0) is 13.0. The van der Waals surface area contributed by atoms with Crippen molar-refractivity contribution in [3.05, 3.63) is 53.7 Å². The molecule has 2 aromatic rings. The van der Waals surface area contributed by atoms with E-state index in [4.69, 9.17) is 9.52 Å². The van der Waals surface area contributed by atoms with Gasteiger partial charge in [-0.1, -0.05) is 6.07 Å². The SMILES string of the molecule is CC(NCc1cccc(C(=O)O)n1)c1ccco1. The van der Waals surface area contributed by atoms with Crippen LogP contribution in [0.2, 0.25) is 0 Å². The third-order valence-corrected chi connectivity index (χ3v) is 2.59. The van der Waals surface area contributed by atoms with E-state index in [9.17, 15) is 4.79 Å². The van der Waals surface area contributed by atoms with Crippen molar-refractivity contribution in [3.63, 3.8) is 0 Å². The zero-order valence-electron chi connectivity index (χ0n) is 9.96. The molecule has 1 atom stereocenters. The van der Waals surface area contributed by atoms with E-state index in [0.717, 1.165) is 5.76 Å². The van der Waals surface area contributed by atoms with Gasteiger partial charge in [0.2, 0.25) is 0 Å². The molecule has 5 heteroatoms. The minimum atomic E-state index is -1.02. The van der Waals surface area contributed by atoms with Crippen LogP contribution < -0.4 is 5.32 Å². The number of hydrogen-bond acceptors (Lipinski definition) is 4. The normalized spacial score (nSPS) is 12.3. The Morgan fingerprint density at radius 2 is 2.28 bits per heavy atom. The molecule has 1 unspecified atom stereocenters. The molecule has 0 amide bonds. The molecule has 2 rings (SSSR count). The van der Waals surface area contributed by atoms with E-state index < -0.39 is 5.97 Å². The highest BCUT2D eigenvalue weighted by atomic mass is 16.4. The van der Waals surface area contributed by atoms with Gasteiger partial charge in [0.15, 0.2) is 0 Å². The number of carboxylic acid groups (broad SMARTS) is 1. The number of pyridine rings is 1. The second-order valence-corrected chi connectivity index (χ2v) is 3.94. The minimum absolute atomic E-state index is 0.0512. The Bertz CT molecular complexity index is 523. The predicted octanol–water partition coefficient (Wildman–Crippen LogP) is 2.22. The molecule has 0 spiro atoms. The Kier molecular flexibility index (Phi) is 3.74. The summed E-state index contributed by atoms with van der Waals surface area (Å²) in [6.45, 7) is 2.46. The van der Waals surface area contributed by atoms with Gasteiger partial charge in [0.05, 0.1) is 18.0 Å². The molecule has 0 saturated heterocycles. The molecule has 0 radical (unpaired) electrons. The number of carboxylic acids is 1. The van der Waals surface area contributed by atoms with Crippen LogP contribution in [-0.4, -0.2) is 16.1 Å². The number of aromatic carboxylic acids is 1. The van der Waals surface area contributed by atoms with Gasteiger partial charge >= 0.3 is 5.97 Å². The van der Waals surface area contributed by atoms with Gasteiger partial charge in [-0.15, -0.1) is 0 Å². The van der Waals surface area contributed by atoms with Gasteiger partial charge in [0.1, 0.15) is 11.5 Å². The van der Waals surface area contributed by atoms with E-state index in [-0.39, 0.29) is 11.7 Å². The molecule has 18 heavy (non-hydrogen) atoms. The molecular weight excluding hydrogens is 232 g/mol. The summed E-state index contributed by atoms with van der Waals surface area (Å²) in [6, 6.07) is 8.71. The summed E-state index contributed by atoms with van der Waals surface area (Å²) in [5.74, 6) is -0.180. The summed E-state index contributed by atoms with van der Waals surface area (Å²) >= 11 is 0. The molecule has 0 aliphatic heterocycles. The van der Waals surface area contributed by atoms with E-state index >= 15 is 0 Å². The van der Waals surface area contributed by atoms with Crippen molar-refractivity contribution < 1.29 is 14.3 Å². The Morgan fingerprint density at radius 1 is 1.44 bits per heavy atom. The lowest BCUT2D eigenvalue weighted by Gasteiger charge is -2.10. The highest BCUT2D eigenvalue weighted by Crippen LogP contribution is 2.12. The van der Waals surface area contributed by atoms with Crippen LogP contribution in [0, 0.1) is 0 Å². The number of hydrogen-bond donors (Lipinski definition) is 2. The average molecular weight is 246 g/mol. The summed E-state index contributed by atoms with van der Waals surface area (Å²) in [7, 11) is 0. The van der Waals surface area contributed by atoms with E-state index in [1.807, 2.05) is 19.1 Å². The van der Waals surface area contributed by atoms with Crippen LogP contribution in [-0.2, 0) is 6.54 Å². The van der Waals surface area contributed by atoms with Gasteiger partial charge in [-0.05, 0) is 31.2 Å². The molecule has 0 aliphatic rings. The van der Waals surface area contributed by atoms with Gasteiger partial charge in [-0.2, -0.15) is 0 Å². The number of carbonyl (C=O) groups is 1. The highest BCUT2D eigenvalue weighted by Gasteiger charge is 2.09. The van der Waals surface area contributed by atoms with Crippen molar-refractivity contribution >= 4 is 5.97 Å². The van der Waals surface area contributed by atoms with Gasteiger partial charge < -0.3 is 14.8 Å². The zero-order valence-corrected chi connectivity index (χ0v) is 9.96. The van der Waals surface area contributed by atoms with Crippen LogP contribution in [0.1, 0.15) is 34.9 Å². The Morgan fingerprint density at radius 3 is 2.94 bits per heavy atom. The largest absolute Gasteiger partial charge is 0.477 e. The second-order valence-electron chi connectivity index (χ2n) is 3.94. The van der Waals surface area contributed by atoms with Crippen molar-refractivity contribution in [2.45, 2.75) is 19.5 Å². The first-order valence-corrected chi connectivity index (χ1v) is 5.63. The third-order valence-electron chi connectivity index (χ3n) is 2.59.